The summed E-state index contributed by atoms with van der Waals surface area (Å²) in [5, 5.41) is 6.55. The smallest absolute Gasteiger partial charge is 0.161 e. The Labute approximate surface area is 113 Å². The van der Waals surface area contributed by atoms with Gasteiger partial charge in [-0.3, -0.25) is 0 Å². The predicted molar refractivity (Wildman–Crippen MR) is 77.2 cm³/mol. The molecule has 1 aromatic carbocycles. The van der Waals surface area contributed by atoms with Crippen molar-refractivity contribution in [3.05, 3.63) is 41.1 Å². The van der Waals surface area contributed by atoms with E-state index in [1.54, 1.807) is 0 Å². The van der Waals surface area contributed by atoms with Gasteiger partial charge in [0.05, 0.1) is 5.69 Å². The SMILES string of the molecule is CNc1nc(-c2cccc(C)c2)nc2c1CNCC2. The van der Waals surface area contributed by atoms with E-state index in [9.17, 15) is 0 Å². The third-order valence-corrected chi connectivity index (χ3v) is 3.45. The van der Waals surface area contributed by atoms with E-state index in [1.165, 1.54) is 11.1 Å². The molecule has 2 aromatic rings. The van der Waals surface area contributed by atoms with Crippen molar-refractivity contribution in [1.82, 2.24) is 15.3 Å². The van der Waals surface area contributed by atoms with Gasteiger partial charge in [-0.15, -0.1) is 0 Å². The van der Waals surface area contributed by atoms with Crippen molar-refractivity contribution in [2.75, 3.05) is 18.9 Å². The monoisotopic (exact) mass is 254 g/mol. The van der Waals surface area contributed by atoms with E-state index in [-0.39, 0.29) is 0 Å². The van der Waals surface area contributed by atoms with Gasteiger partial charge < -0.3 is 10.6 Å². The van der Waals surface area contributed by atoms with Gasteiger partial charge in [0.15, 0.2) is 5.82 Å². The molecule has 0 atom stereocenters. The molecule has 0 unspecified atom stereocenters. The van der Waals surface area contributed by atoms with Crippen LogP contribution in [0.5, 0.6) is 0 Å². The van der Waals surface area contributed by atoms with Gasteiger partial charge in [0.2, 0.25) is 0 Å². The van der Waals surface area contributed by atoms with Gasteiger partial charge in [0.25, 0.3) is 0 Å². The Morgan fingerprint density at radius 3 is 2.95 bits per heavy atom. The van der Waals surface area contributed by atoms with E-state index in [4.69, 9.17) is 4.98 Å². The van der Waals surface area contributed by atoms with E-state index < -0.39 is 0 Å². The normalized spacial score (nSPS) is 14.0. The summed E-state index contributed by atoms with van der Waals surface area (Å²) in [4.78, 5) is 9.40. The number of aryl methyl sites for hydroxylation is 1. The van der Waals surface area contributed by atoms with Gasteiger partial charge in [-0.2, -0.15) is 0 Å². The van der Waals surface area contributed by atoms with Crippen molar-refractivity contribution in [3.63, 3.8) is 0 Å². The van der Waals surface area contributed by atoms with Crippen LogP contribution in [0, 0.1) is 6.92 Å². The zero-order valence-corrected chi connectivity index (χ0v) is 11.3. The minimum absolute atomic E-state index is 0.814. The van der Waals surface area contributed by atoms with Gasteiger partial charge in [0, 0.05) is 37.7 Å². The maximum absolute atomic E-state index is 4.74. The van der Waals surface area contributed by atoms with Gasteiger partial charge >= 0.3 is 0 Å². The molecule has 98 valence electrons. The van der Waals surface area contributed by atoms with Crippen LogP contribution in [0.3, 0.4) is 0 Å². The lowest BCUT2D eigenvalue weighted by Crippen LogP contribution is -2.26. The summed E-state index contributed by atoms with van der Waals surface area (Å²) >= 11 is 0. The summed E-state index contributed by atoms with van der Waals surface area (Å²) in [6.45, 7) is 3.92. The zero-order chi connectivity index (χ0) is 13.2. The molecule has 1 aliphatic rings. The van der Waals surface area contributed by atoms with Crippen LogP contribution in [0.25, 0.3) is 11.4 Å². The molecule has 0 saturated heterocycles. The van der Waals surface area contributed by atoms with E-state index in [1.807, 2.05) is 13.1 Å². The molecular weight excluding hydrogens is 236 g/mol. The molecular formula is C15H18N4. The number of rotatable bonds is 2. The van der Waals surface area contributed by atoms with Gasteiger partial charge in [0.1, 0.15) is 5.82 Å². The standard InChI is InChI=1S/C15H18N4/c1-10-4-3-5-11(8-10)14-18-13-6-7-17-9-12(13)15(16-2)19-14/h3-5,8,17H,6-7,9H2,1-2H3,(H,16,18,19). The van der Waals surface area contributed by atoms with Crippen molar-refractivity contribution < 1.29 is 0 Å². The summed E-state index contributed by atoms with van der Waals surface area (Å²) < 4.78 is 0. The number of nitrogens with one attached hydrogen (secondary N) is 2. The fourth-order valence-electron chi connectivity index (χ4n) is 2.46. The van der Waals surface area contributed by atoms with Crippen molar-refractivity contribution in [1.29, 1.82) is 0 Å². The highest BCUT2D eigenvalue weighted by atomic mass is 15.0. The van der Waals surface area contributed by atoms with Crippen LogP contribution < -0.4 is 10.6 Å². The van der Waals surface area contributed by atoms with Gasteiger partial charge in [-0.1, -0.05) is 23.8 Å². The first-order chi connectivity index (χ1) is 9.28. The molecule has 0 aliphatic carbocycles. The highest BCUT2D eigenvalue weighted by Gasteiger charge is 2.17. The fourth-order valence-corrected chi connectivity index (χ4v) is 2.46. The lowest BCUT2D eigenvalue weighted by molar-refractivity contribution is 0.628. The number of aromatic nitrogens is 2. The first-order valence-electron chi connectivity index (χ1n) is 6.63. The molecule has 3 rings (SSSR count). The summed E-state index contributed by atoms with van der Waals surface area (Å²) in [5.74, 6) is 1.75. The Morgan fingerprint density at radius 1 is 1.26 bits per heavy atom. The number of hydrogen-bond acceptors (Lipinski definition) is 4. The van der Waals surface area contributed by atoms with Crippen LogP contribution in [-0.2, 0) is 13.0 Å². The highest BCUT2D eigenvalue weighted by molar-refractivity contribution is 5.60. The molecule has 19 heavy (non-hydrogen) atoms. The molecule has 0 radical (unpaired) electrons. The second-order valence-electron chi connectivity index (χ2n) is 4.87. The number of hydrogen-bond donors (Lipinski definition) is 2. The lowest BCUT2D eigenvalue weighted by atomic mass is 10.1. The van der Waals surface area contributed by atoms with E-state index in [2.05, 4.69) is 40.7 Å². The molecule has 4 heteroatoms. The number of fused-ring (bicyclic) bond motifs is 1. The average Bonchev–Trinajstić information content (AvgIpc) is 2.46. The maximum atomic E-state index is 4.74. The van der Waals surface area contributed by atoms with Gasteiger partial charge in [-0.25, -0.2) is 9.97 Å². The molecule has 0 spiro atoms. The van der Waals surface area contributed by atoms with E-state index in [0.717, 1.165) is 42.4 Å². The summed E-state index contributed by atoms with van der Waals surface area (Å²) in [6, 6.07) is 8.33. The largest absolute Gasteiger partial charge is 0.373 e. The zero-order valence-electron chi connectivity index (χ0n) is 11.3. The van der Waals surface area contributed by atoms with Crippen LogP contribution in [0.4, 0.5) is 5.82 Å². The van der Waals surface area contributed by atoms with Crippen LogP contribution in [0.15, 0.2) is 24.3 Å². The summed E-state index contributed by atoms with van der Waals surface area (Å²) in [5.41, 5.74) is 4.67. The Kier molecular flexibility index (Phi) is 3.17. The van der Waals surface area contributed by atoms with Crippen LogP contribution in [0.1, 0.15) is 16.8 Å². The van der Waals surface area contributed by atoms with Crippen molar-refractivity contribution in [2.45, 2.75) is 19.9 Å². The minimum atomic E-state index is 0.814. The molecule has 0 fully saturated rings. The van der Waals surface area contributed by atoms with Crippen molar-refractivity contribution in [2.24, 2.45) is 0 Å². The number of benzene rings is 1. The number of nitrogens with zero attached hydrogens (tertiary/aromatic N) is 2. The summed E-state index contributed by atoms with van der Waals surface area (Å²) in [6.07, 6.45) is 0.964. The molecule has 0 saturated carbocycles. The first kappa shape index (κ1) is 12.1. The molecule has 1 aromatic heterocycles. The molecule has 2 N–H and O–H groups in total. The number of anilines is 1. The minimum Gasteiger partial charge on any atom is -0.373 e. The molecule has 4 nitrogen and oxygen atoms in total. The molecule has 0 amide bonds. The molecule has 0 bridgehead atoms. The van der Waals surface area contributed by atoms with Crippen LogP contribution in [0.2, 0.25) is 0 Å². The highest BCUT2D eigenvalue weighted by Crippen LogP contribution is 2.24. The Bertz CT molecular complexity index is 590. The third kappa shape index (κ3) is 2.31. The van der Waals surface area contributed by atoms with Crippen molar-refractivity contribution in [3.8, 4) is 11.4 Å². The van der Waals surface area contributed by atoms with Crippen LogP contribution >= 0.6 is 0 Å². The fraction of sp³-hybridized carbons (Fsp3) is 0.333. The first-order valence-corrected chi connectivity index (χ1v) is 6.63. The Balaban J connectivity index is 2.12. The molecule has 2 heterocycles. The topological polar surface area (TPSA) is 49.8 Å². The second kappa shape index (κ2) is 4.97. The third-order valence-electron chi connectivity index (χ3n) is 3.45. The quantitative estimate of drug-likeness (QED) is 0.862. The van der Waals surface area contributed by atoms with Crippen molar-refractivity contribution >= 4 is 5.82 Å². The second-order valence-corrected chi connectivity index (χ2v) is 4.87. The van der Waals surface area contributed by atoms with E-state index in [0.29, 0.717) is 0 Å². The maximum Gasteiger partial charge on any atom is 0.161 e. The predicted octanol–water partition coefficient (Wildman–Crippen LogP) is 2.14. The summed E-state index contributed by atoms with van der Waals surface area (Å²) in [7, 11) is 1.91. The lowest BCUT2D eigenvalue weighted by Gasteiger charge is -2.19. The van der Waals surface area contributed by atoms with Crippen LogP contribution in [-0.4, -0.2) is 23.6 Å². The molecule has 1 aliphatic heterocycles. The average molecular weight is 254 g/mol. The Morgan fingerprint density at radius 2 is 2.16 bits per heavy atom. The van der Waals surface area contributed by atoms with Gasteiger partial charge in [-0.05, 0) is 13.0 Å². The van der Waals surface area contributed by atoms with E-state index >= 15 is 0 Å². The Hall–Kier alpha value is -1.94.